The number of carboxylic acids is 1. The first-order valence-corrected chi connectivity index (χ1v) is 9.17. The molecular formula is C20H31NO6. The van der Waals surface area contributed by atoms with Gasteiger partial charge in [0.25, 0.3) is 0 Å². The van der Waals surface area contributed by atoms with Crippen molar-refractivity contribution in [2.75, 3.05) is 19.8 Å². The first kappa shape index (κ1) is 22.9. The molecule has 27 heavy (non-hydrogen) atoms. The number of hydrogen-bond donors (Lipinski definition) is 2. The molecule has 0 aliphatic carbocycles. The third-order valence-corrected chi connectivity index (χ3v) is 3.47. The maximum Gasteiger partial charge on any atom is 0.407 e. The Bertz CT molecular complexity index is 555. The fourth-order valence-electron chi connectivity index (χ4n) is 2.32. The highest BCUT2D eigenvalue weighted by Crippen LogP contribution is 2.09. The highest BCUT2D eigenvalue weighted by atomic mass is 16.6. The molecule has 0 spiro atoms. The summed E-state index contributed by atoms with van der Waals surface area (Å²) in [5.74, 6) is -1.04. The zero-order chi connectivity index (χ0) is 20.1. The maximum atomic E-state index is 11.9. The molecule has 1 atom stereocenters. The van der Waals surface area contributed by atoms with Crippen LogP contribution in [0.4, 0.5) is 4.79 Å². The summed E-state index contributed by atoms with van der Waals surface area (Å²) in [5, 5.41) is 11.4. The zero-order valence-electron chi connectivity index (χ0n) is 16.4. The smallest absolute Gasteiger partial charge is 0.407 e. The SMILES string of the molecule is CC(C)(C)OC(=O)NC(CCCCOCc1ccccc1)COCC(=O)O. The van der Waals surface area contributed by atoms with Crippen molar-refractivity contribution in [3.63, 3.8) is 0 Å². The number of alkyl carbamates (subject to hydrolysis) is 1. The molecule has 1 amide bonds. The van der Waals surface area contributed by atoms with E-state index < -0.39 is 24.3 Å². The standard InChI is InChI=1S/C20H31NO6/c1-20(2,3)27-19(24)21-17(14-26-15-18(22)23)11-7-8-12-25-13-16-9-5-4-6-10-16/h4-6,9-10,17H,7-8,11-15H2,1-3H3,(H,21,24)(H,22,23). The fraction of sp³-hybridized carbons (Fsp3) is 0.600. The minimum Gasteiger partial charge on any atom is -0.480 e. The summed E-state index contributed by atoms with van der Waals surface area (Å²) in [6, 6.07) is 9.63. The number of ether oxygens (including phenoxy) is 3. The van der Waals surface area contributed by atoms with Crippen molar-refractivity contribution < 1.29 is 28.9 Å². The van der Waals surface area contributed by atoms with Crippen molar-refractivity contribution in [2.24, 2.45) is 0 Å². The summed E-state index contributed by atoms with van der Waals surface area (Å²) in [7, 11) is 0. The van der Waals surface area contributed by atoms with E-state index in [0.29, 0.717) is 19.6 Å². The number of carboxylic acid groups (broad SMARTS) is 1. The number of aliphatic carboxylic acids is 1. The van der Waals surface area contributed by atoms with Gasteiger partial charge in [-0.1, -0.05) is 30.3 Å². The number of unbranched alkanes of at least 4 members (excludes halogenated alkanes) is 1. The molecule has 2 N–H and O–H groups in total. The van der Waals surface area contributed by atoms with Crippen molar-refractivity contribution in [3.8, 4) is 0 Å². The van der Waals surface area contributed by atoms with E-state index in [1.54, 1.807) is 20.8 Å². The molecular weight excluding hydrogens is 350 g/mol. The highest BCUT2D eigenvalue weighted by Gasteiger charge is 2.19. The van der Waals surface area contributed by atoms with E-state index in [4.69, 9.17) is 19.3 Å². The molecule has 0 radical (unpaired) electrons. The predicted molar refractivity (Wildman–Crippen MR) is 102 cm³/mol. The van der Waals surface area contributed by atoms with Crippen LogP contribution in [0.15, 0.2) is 30.3 Å². The molecule has 1 aromatic rings. The van der Waals surface area contributed by atoms with Crippen LogP contribution in [0.5, 0.6) is 0 Å². The van der Waals surface area contributed by atoms with Crippen LogP contribution in [0.2, 0.25) is 0 Å². The summed E-state index contributed by atoms with van der Waals surface area (Å²) >= 11 is 0. The van der Waals surface area contributed by atoms with Gasteiger partial charge in [0, 0.05) is 6.61 Å². The first-order valence-electron chi connectivity index (χ1n) is 9.17. The quantitative estimate of drug-likeness (QED) is 0.539. The van der Waals surface area contributed by atoms with Crippen molar-refractivity contribution in [1.82, 2.24) is 5.32 Å². The van der Waals surface area contributed by atoms with Crippen LogP contribution in [0.3, 0.4) is 0 Å². The average molecular weight is 381 g/mol. The van der Waals surface area contributed by atoms with Crippen LogP contribution in [-0.2, 0) is 25.6 Å². The van der Waals surface area contributed by atoms with E-state index >= 15 is 0 Å². The molecule has 0 aromatic heterocycles. The normalized spacial score (nSPS) is 12.4. The van der Waals surface area contributed by atoms with Crippen LogP contribution in [0, 0.1) is 0 Å². The van der Waals surface area contributed by atoms with E-state index in [1.165, 1.54) is 0 Å². The molecule has 7 nitrogen and oxygen atoms in total. The summed E-state index contributed by atoms with van der Waals surface area (Å²) in [6.45, 7) is 6.26. The third-order valence-electron chi connectivity index (χ3n) is 3.47. The molecule has 152 valence electrons. The van der Waals surface area contributed by atoms with Gasteiger partial charge in [-0.2, -0.15) is 0 Å². The van der Waals surface area contributed by atoms with Crippen molar-refractivity contribution in [2.45, 2.75) is 58.3 Å². The van der Waals surface area contributed by atoms with Gasteiger partial charge in [0.2, 0.25) is 0 Å². The number of benzene rings is 1. The Kier molecular flexibility index (Phi) is 10.4. The van der Waals surface area contributed by atoms with Crippen LogP contribution in [-0.4, -0.2) is 48.6 Å². The Hall–Kier alpha value is -2.12. The molecule has 1 unspecified atom stereocenters. The molecule has 0 bridgehead atoms. The number of nitrogens with one attached hydrogen (secondary N) is 1. The summed E-state index contributed by atoms with van der Waals surface area (Å²) in [5.41, 5.74) is 0.533. The van der Waals surface area contributed by atoms with Gasteiger partial charge in [0.15, 0.2) is 0 Å². The van der Waals surface area contributed by atoms with Gasteiger partial charge in [-0.05, 0) is 45.6 Å². The molecule has 0 aliphatic rings. The number of hydrogen-bond acceptors (Lipinski definition) is 5. The Morgan fingerprint density at radius 2 is 1.81 bits per heavy atom. The van der Waals surface area contributed by atoms with E-state index in [9.17, 15) is 9.59 Å². The van der Waals surface area contributed by atoms with Crippen molar-refractivity contribution >= 4 is 12.1 Å². The van der Waals surface area contributed by atoms with Gasteiger partial charge in [-0.15, -0.1) is 0 Å². The Morgan fingerprint density at radius 3 is 2.44 bits per heavy atom. The van der Waals surface area contributed by atoms with Crippen LogP contribution in [0.25, 0.3) is 0 Å². The second-order valence-corrected chi connectivity index (χ2v) is 7.29. The van der Waals surface area contributed by atoms with Gasteiger partial charge < -0.3 is 24.6 Å². The number of rotatable bonds is 12. The predicted octanol–water partition coefficient (Wildman–Crippen LogP) is 3.37. The first-order chi connectivity index (χ1) is 12.8. The average Bonchev–Trinajstić information content (AvgIpc) is 2.56. The molecule has 0 aliphatic heterocycles. The number of amides is 1. The van der Waals surface area contributed by atoms with Crippen molar-refractivity contribution in [1.29, 1.82) is 0 Å². The summed E-state index contributed by atoms with van der Waals surface area (Å²) < 4.78 is 16.0. The Morgan fingerprint density at radius 1 is 1.11 bits per heavy atom. The van der Waals surface area contributed by atoms with Gasteiger partial charge in [0.05, 0.1) is 19.3 Å². The monoisotopic (exact) mass is 381 g/mol. The van der Waals surface area contributed by atoms with Crippen molar-refractivity contribution in [3.05, 3.63) is 35.9 Å². The second kappa shape index (κ2) is 12.3. The van der Waals surface area contributed by atoms with E-state index in [2.05, 4.69) is 5.32 Å². The van der Waals surface area contributed by atoms with Crippen LogP contribution in [0.1, 0.15) is 45.6 Å². The zero-order valence-corrected chi connectivity index (χ0v) is 16.4. The van der Waals surface area contributed by atoms with Gasteiger partial charge in [-0.25, -0.2) is 9.59 Å². The Labute approximate surface area is 161 Å². The third kappa shape index (κ3) is 12.8. The van der Waals surface area contributed by atoms with E-state index in [0.717, 1.165) is 18.4 Å². The number of carbonyl (C=O) groups excluding carboxylic acids is 1. The maximum absolute atomic E-state index is 11.9. The van der Waals surface area contributed by atoms with Gasteiger partial charge in [-0.3, -0.25) is 0 Å². The lowest BCUT2D eigenvalue weighted by Gasteiger charge is -2.23. The lowest BCUT2D eigenvalue weighted by Crippen LogP contribution is -2.41. The minimum absolute atomic E-state index is 0.121. The summed E-state index contributed by atoms with van der Waals surface area (Å²) in [6.07, 6.45) is 1.75. The largest absolute Gasteiger partial charge is 0.480 e. The highest BCUT2D eigenvalue weighted by molar-refractivity contribution is 5.68. The molecule has 7 heteroatoms. The molecule has 1 rings (SSSR count). The second-order valence-electron chi connectivity index (χ2n) is 7.29. The molecule has 0 fully saturated rings. The number of carbonyl (C=O) groups is 2. The van der Waals surface area contributed by atoms with Crippen LogP contribution >= 0.6 is 0 Å². The van der Waals surface area contributed by atoms with E-state index in [1.807, 2.05) is 30.3 Å². The van der Waals surface area contributed by atoms with Gasteiger partial charge >= 0.3 is 12.1 Å². The van der Waals surface area contributed by atoms with E-state index in [-0.39, 0.29) is 12.6 Å². The molecule has 0 heterocycles. The Balaban J connectivity index is 2.29. The lowest BCUT2D eigenvalue weighted by molar-refractivity contribution is -0.142. The topological polar surface area (TPSA) is 94.1 Å². The van der Waals surface area contributed by atoms with Gasteiger partial charge in [0.1, 0.15) is 12.2 Å². The fourth-order valence-corrected chi connectivity index (χ4v) is 2.32. The molecule has 0 saturated heterocycles. The minimum atomic E-state index is -1.04. The van der Waals surface area contributed by atoms with Crippen LogP contribution < -0.4 is 5.32 Å². The lowest BCUT2D eigenvalue weighted by atomic mass is 10.1. The summed E-state index contributed by atoms with van der Waals surface area (Å²) in [4.78, 5) is 22.5. The molecule has 1 aromatic carbocycles. The molecule has 0 saturated carbocycles.